The van der Waals surface area contributed by atoms with Crippen LogP contribution in [0.15, 0.2) is 103 Å². The van der Waals surface area contributed by atoms with Crippen LogP contribution in [-0.4, -0.2) is 7.11 Å². The van der Waals surface area contributed by atoms with Gasteiger partial charge in [0.05, 0.1) is 7.11 Å². The van der Waals surface area contributed by atoms with Gasteiger partial charge in [0, 0.05) is 5.56 Å². The SMILES string of the molecule is COc1cc2c(cc1C(C)[P+](c1ccccc1)(c1ccccc1)c1ccccc1)C(C)(C)CC2(C)C. The van der Waals surface area contributed by atoms with Gasteiger partial charge in [0.25, 0.3) is 0 Å². The zero-order valence-electron chi connectivity index (χ0n) is 22.5. The standard InChI is InChI=1S/C34H38OP/c1-25(29-22-30-31(23-32(29)35-6)34(4,5)24-33(30,2)3)36(26-16-10-7-11-17-26,27-18-12-8-13-19-27)28-20-14-9-15-21-28/h7-23,25H,24H2,1-6H3/q+1. The van der Waals surface area contributed by atoms with E-state index in [9.17, 15) is 0 Å². The molecule has 0 heterocycles. The van der Waals surface area contributed by atoms with E-state index in [1.165, 1.54) is 32.6 Å². The van der Waals surface area contributed by atoms with Crippen molar-refractivity contribution >= 4 is 23.2 Å². The quantitative estimate of drug-likeness (QED) is 0.250. The van der Waals surface area contributed by atoms with Crippen molar-refractivity contribution in [1.82, 2.24) is 0 Å². The van der Waals surface area contributed by atoms with Gasteiger partial charge in [0.15, 0.2) is 0 Å². The molecule has 1 nitrogen and oxygen atoms in total. The van der Waals surface area contributed by atoms with E-state index in [0.29, 0.717) is 0 Å². The van der Waals surface area contributed by atoms with Crippen molar-refractivity contribution in [3.63, 3.8) is 0 Å². The largest absolute Gasteiger partial charge is 0.496 e. The van der Waals surface area contributed by atoms with Gasteiger partial charge in [-0.15, -0.1) is 0 Å². The molecule has 0 saturated heterocycles. The molecule has 4 aromatic carbocycles. The van der Waals surface area contributed by atoms with Gasteiger partial charge in [0.1, 0.15) is 34.6 Å². The summed E-state index contributed by atoms with van der Waals surface area (Å²) in [5, 5.41) is 4.20. The van der Waals surface area contributed by atoms with Gasteiger partial charge in [-0.25, -0.2) is 0 Å². The fraction of sp³-hybridized carbons (Fsp3) is 0.294. The average Bonchev–Trinajstić information content (AvgIpc) is 3.08. The number of rotatable bonds is 6. The van der Waals surface area contributed by atoms with Crippen LogP contribution in [0.5, 0.6) is 5.75 Å². The number of fused-ring (bicyclic) bond motifs is 1. The van der Waals surface area contributed by atoms with E-state index in [1.54, 1.807) is 0 Å². The monoisotopic (exact) mass is 493 g/mol. The minimum Gasteiger partial charge on any atom is -0.496 e. The lowest BCUT2D eigenvalue weighted by molar-refractivity contribution is 0.399. The minimum atomic E-state index is -2.09. The van der Waals surface area contributed by atoms with Crippen LogP contribution in [0.4, 0.5) is 0 Å². The molecule has 36 heavy (non-hydrogen) atoms. The van der Waals surface area contributed by atoms with Crippen LogP contribution in [0, 0.1) is 0 Å². The first-order valence-electron chi connectivity index (χ1n) is 13.0. The summed E-state index contributed by atoms with van der Waals surface area (Å²) in [5.41, 5.74) is 4.72. The second-order valence-corrected chi connectivity index (χ2v) is 15.3. The number of ether oxygens (including phenoxy) is 1. The molecule has 0 N–H and O–H groups in total. The van der Waals surface area contributed by atoms with Crippen LogP contribution < -0.4 is 20.7 Å². The lowest BCUT2D eigenvalue weighted by atomic mass is 9.82. The van der Waals surface area contributed by atoms with Crippen molar-refractivity contribution in [2.24, 2.45) is 0 Å². The highest BCUT2D eigenvalue weighted by molar-refractivity contribution is 7.95. The van der Waals surface area contributed by atoms with Crippen LogP contribution in [0.25, 0.3) is 0 Å². The number of benzene rings is 4. The molecule has 0 radical (unpaired) electrons. The Kier molecular flexibility index (Phi) is 6.34. The Bertz CT molecular complexity index is 1240. The smallest absolute Gasteiger partial charge is 0.126 e. The van der Waals surface area contributed by atoms with Crippen LogP contribution in [0.3, 0.4) is 0 Å². The second kappa shape index (κ2) is 9.20. The molecule has 4 aromatic rings. The molecule has 184 valence electrons. The topological polar surface area (TPSA) is 9.23 Å². The van der Waals surface area contributed by atoms with Crippen LogP contribution in [-0.2, 0) is 10.8 Å². The Morgan fingerprint density at radius 3 is 1.42 bits per heavy atom. The zero-order chi connectivity index (χ0) is 25.6. The predicted octanol–water partition coefficient (Wildman–Crippen LogP) is 7.71. The van der Waals surface area contributed by atoms with Crippen molar-refractivity contribution in [2.45, 2.75) is 57.5 Å². The Balaban J connectivity index is 1.85. The molecule has 0 saturated carbocycles. The lowest BCUT2D eigenvalue weighted by Crippen LogP contribution is -2.34. The number of hydrogen-bond donors (Lipinski definition) is 0. The summed E-state index contributed by atoms with van der Waals surface area (Å²) in [5.74, 6) is 1.01. The van der Waals surface area contributed by atoms with Gasteiger partial charge >= 0.3 is 0 Å². The molecule has 0 spiro atoms. The molecular formula is C34H38OP+. The number of methoxy groups -OCH3 is 1. The van der Waals surface area contributed by atoms with Crippen LogP contribution in [0.2, 0.25) is 0 Å². The van der Waals surface area contributed by atoms with Gasteiger partial charge in [-0.2, -0.15) is 0 Å². The van der Waals surface area contributed by atoms with E-state index in [2.05, 4.69) is 138 Å². The summed E-state index contributed by atoms with van der Waals surface area (Å²) in [7, 11) is -0.253. The van der Waals surface area contributed by atoms with E-state index in [1.807, 2.05) is 7.11 Å². The van der Waals surface area contributed by atoms with Gasteiger partial charge in [-0.3, -0.25) is 0 Å². The van der Waals surface area contributed by atoms with E-state index in [0.717, 1.165) is 12.2 Å². The Morgan fingerprint density at radius 1 is 0.639 bits per heavy atom. The summed E-state index contributed by atoms with van der Waals surface area (Å²) >= 11 is 0. The van der Waals surface area contributed by atoms with E-state index >= 15 is 0 Å². The van der Waals surface area contributed by atoms with Gasteiger partial charge < -0.3 is 4.74 Å². The van der Waals surface area contributed by atoms with Gasteiger partial charge in [-0.05, 0) is 83.8 Å². The molecule has 2 heteroatoms. The molecule has 5 rings (SSSR count). The average molecular weight is 494 g/mol. The molecule has 0 bridgehead atoms. The summed E-state index contributed by atoms with van der Waals surface area (Å²) in [6, 6.07) is 38.3. The van der Waals surface area contributed by atoms with Crippen molar-refractivity contribution < 1.29 is 4.74 Å². The van der Waals surface area contributed by atoms with Crippen molar-refractivity contribution in [3.8, 4) is 5.75 Å². The fourth-order valence-electron chi connectivity index (χ4n) is 6.83. The van der Waals surface area contributed by atoms with E-state index in [-0.39, 0.29) is 16.5 Å². The summed E-state index contributed by atoms with van der Waals surface area (Å²) < 4.78 is 6.17. The second-order valence-electron chi connectivity index (χ2n) is 11.5. The van der Waals surface area contributed by atoms with Gasteiger partial charge in [-0.1, -0.05) is 82.3 Å². The molecular weight excluding hydrogens is 455 g/mol. The molecule has 0 amide bonds. The normalized spacial score (nSPS) is 16.8. The summed E-state index contributed by atoms with van der Waals surface area (Å²) in [6.45, 7) is 12.0. The third-order valence-electron chi connectivity index (χ3n) is 8.23. The van der Waals surface area contributed by atoms with E-state index < -0.39 is 7.26 Å². The molecule has 1 unspecified atom stereocenters. The molecule has 0 aromatic heterocycles. The Hall–Kier alpha value is -2.89. The predicted molar refractivity (Wildman–Crippen MR) is 157 cm³/mol. The Morgan fingerprint density at radius 2 is 1.03 bits per heavy atom. The first-order chi connectivity index (χ1) is 17.2. The highest BCUT2D eigenvalue weighted by Gasteiger charge is 2.52. The number of hydrogen-bond acceptors (Lipinski definition) is 1. The maximum absolute atomic E-state index is 6.17. The third-order valence-corrected chi connectivity index (χ3v) is 13.0. The van der Waals surface area contributed by atoms with Crippen molar-refractivity contribution in [2.75, 3.05) is 7.11 Å². The lowest BCUT2D eigenvalue weighted by Gasteiger charge is -2.34. The van der Waals surface area contributed by atoms with Gasteiger partial charge in [0.2, 0.25) is 0 Å². The molecule has 0 fully saturated rings. The summed E-state index contributed by atoms with van der Waals surface area (Å²) in [4.78, 5) is 0. The maximum Gasteiger partial charge on any atom is 0.126 e. The molecule has 1 aliphatic carbocycles. The van der Waals surface area contributed by atoms with Crippen molar-refractivity contribution in [3.05, 3.63) is 120 Å². The molecule has 1 aliphatic rings. The highest BCUT2D eigenvalue weighted by Crippen LogP contribution is 2.68. The molecule has 0 aliphatic heterocycles. The first-order valence-corrected chi connectivity index (χ1v) is 14.9. The maximum atomic E-state index is 6.17. The zero-order valence-corrected chi connectivity index (χ0v) is 23.3. The highest BCUT2D eigenvalue weighted by atomic mass is 31.2. The minimum absolute atomic E-state index is 0.132. The Labute approximate surface area is 217 Å². The third kappa shape index (κ3) is 3.89. The first kappa shape index (κ1) is 24.8. The van der Waals surface area contributed by atoms with Crippen molar-refractivity contribution in [1.29, 1.82) is 0 Å². The van der Waals surface area contributed by atoms with Crippen LogP contribution in [0.1, 0.15) is 63.4 Å². The van der Waals surface area contributed by atoms with E-state index in [4.69, 9.17) is 4.74 Å². The van der Waals surface area contributed by atoms with Crippen LogP contribution >= 0.6 is 7.26 Å². The molecule has 1 atom stereocenters. The fourth-order valence-corrected chi connectivity index (χ4v) is 11.6. The summed E-state index contributed by atoms with van der Waals surface area (Å²) in [6.07, 6.45) is 1.15.